The topological polar surface area (TPSA) is 91.6 Å². The van der Waals surface area contributed by atoms with E-state index in [1.54, 1.807) is 20.0 Å². The molecule has 48 heavy (non-hydrogen) atoms. The van der Waals surface area contributed by atoms with Gasteiger partial charge in [0, 0.05) is 24.4 Å². The first-order valence-electron chi connectivity index (χ1n) is 16.2. The number of hydrogen-bond donors (Lipinski definition) is 2. The Morgan fingerprint density at radius 3 is 2.33 bits per heavy atom. The maximum atomic E-state index is 15.9. The van der Waals surface area contributed by atoms with Gasteiger partial charge in [0.2, 0.25) is 5.91 Å². The molecule has 2 bridgehead atoms. The molecule has 1 aliphatic heterocycles. The molecule has 3 aromatic rings. The molecule has 0 aliphatic carbocycles. The molecular weight excluding hydrogens is 633 g/mol. The molecule has 0 unspecified atom stereocenters. The lowest BCUT2D eigenvalue weighted by atomic mass is 9.87. The minimum Gasteiger partial charge on any atom is -0.481 e. The van der Waals surface area contributed by atoms with Crippen molar-refractivity contribution in [2.75, 3.05) is 20.6 Å². The predicted molar refractivity (Wildman–Crippen MR) is 173 cm³/mol. The first kappa shape index (κ1) is 36.8. The summed E-state index contributed by atoms with van der Waals surface area (Å²) in [6.07, 6.45) is -0.0482. The van der Waals surface area contributed by atoms with E-state index in [0.29, 0.717) is 61.4 Å². The maximum Gasteiger partial charge on any atom is 0.419 e. The van der Waals surface area contributed by atoms with Crippen LogP contribution in [0.15, 0.2) is 41.3 Å². The summed E-state index contributed by atoms with van der Waals surface area (Å²) in [5, 5.41) is 12.3. The van der Waals surface area contributed by atoms with E-state index < -0.39 is 64.9 Å². The lowest BCUT2D eigenvalue weighted by Crippen LogP contribution is -2.40. The van der Waals surface area contributed by atoms with Crippen LogP contribution >= 0.6 is 0 Å². The van der Waals surface area contributed by atoms with Crippen molar-refractivity contribution in [3.63, 3.8) is 0 Å². The van der Waals surface area contributed by atoms with Crippen molar-refractivity contribution >= 4 is 11.9 Å². The molecule has 2 N–H and O–H groups in total. The number of fused-ring (bicyclic) bond motifs is 4. The summed E-state index contributed by atoms with van der Waals surface area (Å²) < 4.78 is 74.7. The molecule has 2 heterocycles. The number of carboxylic acid groups (broad SMARTS) is 1. The van der Waals surface area contributed by atoms with Crippen molar-refractivity contribution < 1.29 is 36.6 Å². The van der Waals surface area contributed by atoms with Gasteiger partial charge in [0.25, 0.3) is 5.56 Å². The second-order valence-corrected chi connectivity index (χ2v) is 12.9. The van der Waals surface area contributed by atoms with Gasteiger partial charge in [0.05, 0.1) is 18.0 Å². The van der Waals surface area contributed by atoms with Crippen LogP contribution in [-0.2, 0) is 28.6 Å². The highest BCUT2D eigenvalue weighted by Gasteiger charge is 2.38. The van der Waals surface area contributed by atoms with E-state index in [9.17, 15) is 37.1 Å². The first-order chi connectivity index (χ1) is 22.6. The molecular formula is C36H42F5N3O4. The molecule has 0 fully saturated rings. The molecule has 1 aliphatic rings. The monoisotopic (exact) mass is 675 g/mol. The Morgan fingerprint density at radius 2 is 1.67 bits per heavy atom. The number of likely N-dealkylation sites (N-methyl/N-ethyl adjacent to an activating group) is 1. The minimum absolute atomic E-state index is 0.0696. The Labute approximate surface area is 276 Å². The number of nitrogens with zero attached hydrogens (tertiary/aromatic N) is 2. The van der Waals surface area contributed by atoms with E-state index in [-0.39, 0.29) is 12.0 Å². The third kappa shape index (κ3) is 8.89. The maximum absolute atomic E-state index is 15.9. The van der Waals surface area contributed by atoms with Crippen molar-refractivity contribution in [2.24, 2.45) is 0 Å². The van der Waals surface area contributed by atoms with Gasteiger partial charge in [-0.3, -0.25) is 14.4 Å². The van der Waals surface area contributed by atoms with Gasteiger partial charge in [-0.1, -0.05) is 25.7 Å². The number of alkyl halides is 3. The number of rotatable bonds is 6. The zero-order valence-electron chi connectivity index (χ0n) is 27.6. The lowest BCUT2D eigenvalue weighted by molar-refractivity contribution is -0.140. The van der Waals surface area contributed by atoms with Crippen LogP contribution in [0.5, 0.6) is 0 Å². The fourth-order valence-electron chi connectivity index (χ4n) is 6.47. The van der Waals surface area contributed by atoms with Gasteiger partial charge in [-0.15, -0.1) is 0 Å². The summed E-state index contributed by atoms with van der Waals surface area (Å²) in [4.78, 5) is 41.3. The van der Waals surface area contributed by atoms with Gasteiger partial charge in [-0.25, -0.2) is 8.78 Å². The minimum atomic E-state index is -5.16. The fourth-order valence-corrected chi connectivity index (χ4v) is 6.47. The van der Waals surface area contributed by atoms with Gasteiger partial charge in [-0.05, 0) is 111 Å². The predicted octanol–water partition coefficient (Wildman–Crippen LogP) is 7.30. The van der Waals surface area contributed by atoms with Crippen LogP contribution in [-0.4, -0.2) is 47.1 Å². The van der Waals surface area contributed by atoms with Crippen LogP contribution in [0, 0.1) is 25.5 Å². The van der Waals surface area contributed by atoms with Crippen LogP contribution in [0.2, 0.25) is 0 Å². The number of aliphatic carboxylic acids is 1. The average Bonchev–Trinajstić information content (AvgIpc) is 2.97. The smallest absolute Gasteiger partial charge is 0.419 e. The molecule has 2 atom stereocenters. The molecule has 4 rings (SSSR count). The zero-order chi connectivity index (χ0) is 35.3. The summed E-state index contributed by atoms with van der Waals surface area (Å²) in [6, 6.07) is 2.78. The van der Waals surface area contributed by atoms with Crippen molar-refractivity contribution in [1.82, 2.24) is 14.8 Å². The van der Waals surface area contributed by atoms with Crippen molar-refractivity contribution in [1.29, 1.82) is 0 Å². The quantitative estimate of drug-likeness (QED) is 0.268. The Morgan fingerprint density at radius 1 is 0.979 bits per heavy atom. The number of carbonyl (C=O) groups excluding carboxylic acids is 1. The fraction of sp³-hybridized carbons (Fsp3) is 0.472. The number of amides is 1. The second-order valence-electron chi connectivity index (χ2n) is 12.9. The van der Waals surface area contributed by atoms with Crippen LogP contribution in [0.3, 0.4) is 0 Å². The highest BCUT2D eigenvalue weighted by Crippen LogP contribution is 2.40. The van der Waals surface area contributed by atoms with Crippen molar-refractivity contribution in [3.8, 4) is 11.1 Å². The Kier molecular flexibility index (Phi) is 11.8. The molecule has 1 aromatic heterocycles. The molecule has 0 saturated heterocycles. The van der Waals surface area contributed by atoms with Gasteiger partial charge in [0.1, 0.15) is 17.7 Å². The molecule has 0 saturated carbocycles. The third-order valence-electron chi connectivity index (χ3n) is 8.93. The number of halogens is 5. The number of carbonyl (C=O) groups is 2. The van der Waals surface area contributed by atoms with E-state index in [2.05, 4.69) is 5.32 Å². The van der Waals surface area contributed by atoms with E-state index >= 15 is 4.39 Å². The van der Waals surface area contributed by atoms with Crippen LogP contribution < -0.4 is 10.9 Å². The number of aromatic nitrogens is 1. The van der Waals surface area contributed by atoms with E-state index in [0.717, 1.165) is 30.0 Å². The first-order valence-corrected chi connectivity index (χ1v) is 16.2. The number of carboxylic acids is 1. The molecule has 2 aromatic carbocycles. The number of aryl methyl sites for hydroxylation is 3. The van der Waals surface area contributed by atoms with Gasteiger partial charge >= 0.3 is 12.1 Å². The number of nitrogens with one attached hydrogen (secondary N) is 1. The van der Waals surface area contributed by atoms with E-state index in [1.165, 1.54) is 22.8 Å². The largest absolute Gasteiger partial charge is 0.481 e. The van der Waals surface area contributed by atoms with Crippen LogP contribution in [0.1, 0.15) is 90.4 Å². The van der Waals surface area contributed by atoms with Crippen molar-refractivity contribution in [3.05, 3.63) is 91.9 Å². The number of hydrogen-bond acceptors (Lipinski definition) is 4. The summed E-state index contributed by atoms with van der Waals surface area (Å²) in [7, 11) is 3.81. The van der Waals surface area contributed by atoms with Crippen LogP contribution in [0.25, 0.3) is 11.1 Å². The van der Waals surface area contributed by atoms with E-state index in [1.807, 2.05) is 19.0 Å². The van der Waals surface area contributed by atoms with E-state index in [4.69, 9.17) is 0 Å². The highest BCUT2D eigenvalue weighted by molar-refractivity contribution is 5.82. The van der Waals surface area contributed by atoms with Gasteiger partial charge in [-0.2, -0.15) is 13.2 Å². The van der Waals surface area contributed by atoms with Crippen LogP contribution in [0.4, 0.5) is 22.0 Å². The second kappa shape index (κ2) is 15.4. The van der Waals surface area contributed by atoms with Crippen molar-refractivity contribution in [2.45, 2.75) is 89.9 Å². The molecule has 0 radical (unpaired) electrons. The SMILES string of the molecule is Cc1cc(=O)n([C@H]2CCCCCCCc3cc(F)cc(C)c3-c3cc(c(F)c(C(F)(F)F)c3)[C@H](CC(=O)O)NC2=O)cc1CCN(C)C. The Bertz CT molecular complexity index is 1720. The normalized spacial score (nSPS) is 18.0. The summed E-state index contributed by atoms with van der Waals surface area (Å²) in [5.74, 6) is -4.57. The molecule has 7 nitrogen and oxygen atoms in total. The number of benzene rings is 2. The van der Waals surface area contributed by atoms with Gasteiger partial charge < -0.3 is 19.9 Å². The molecule has 260 valence electrons. The summed E-state index contributed by atoms with van der Waals surface area (Å²) in [5.41, 5.74) is -0.185. The number of pyridine rings is 1. The molecule has 1 amide bonds. The summed E-state index contributed by atoms with van der Waals surface area (Å²) >= 11 is 0. The molecule has 0 spiro atoms. The molecule has 12 heteroatoms. The Balaban J connectivity index is 1.91. The highest BCUT2D eigenvalue weighted by atomic mass is 19.4. The zero-order valence-corrected chi connectivity index (χ0v) is 27.6. The average molecular weight is 676 g/mol. The standard InChI is InChI=1S/C36H42F5N3O4/c1-21-15-31(45)44(20-24(21)12-13-43(3)4)30-11-9-7-5-6-8-10-23-16-26(37)14-22(2)33(23)25-17-27(29(19-32(46)47)42-35(30)48)34(38)28(18-25)36(39,40)41/h14-18,20,29-30H,5-13,19H2,1-4H3,(H,42,48)(H,46,47)/t29-,30-/m0/s1. The lowest BCUT2D eigenvalue weighted by Gasteiger charge is -2.26. The third-order valence-corrected chi connectivity index (χ3v) is 8.93. The Hall–Kier alpha value is -4.06. The van der Waals surface area contributed by atoms with Gasteiger partial charge in [0.15, 0.2) is 0 Å². The summed E-state index contributed by atoms with van der Waals surface area (Å²) in [6.45, 7) is 4.01.